The molecule has 0 bridgehead atoms. The maximum Gasteiger partial charge on any atom is 0.284 e. The number of aliphatic hydroxyl groups is 1. The third-order valence-electron chi connectivity index (χ3n) is 3.40. The van der Waals surface area contributed by atoms with Gasteiger partial charge < -0.3 is 9.84 Å². The van der Waals surface area contributed by atoms with Gasteiger partial charge in [0, 0.05) is 0 Å². The van der Waals surface area contributed by atoms with Crippen molar-refractivity contribution in [3.05, 3.63) is 35.8 Å². The Hall–Kier alpha value is -1.18. The van der Waals surface area contributed by atoms with Crippen molar-refractivity contribution >= 4 is 0 Å². The Labute approximate surface area is 117 Å². The summed E-state index contributed by atoms with van der Waals surface area (Å²) in [6.45, 7) is 2.87. The first-order valence-electron chi connectivity index (χ1n) is 7.75. The maximum atomic E-state index is 9.63. The number of ether oxygens (including phenoxy) is 1. The first-order chi connectivity index (χ1) is 9.34. The molecule has 108 valence electrons. The Morgan fingerprint density at radius 1 is 0.895 bits per heavy atom. The molecule has 0 saturated carbocycles. The average Bonchev–Trinajstić information content (AvgIpc) is 2.95. The Balaban J connectivity index is 1.87. The predicted octanol–water partition coefficient (Wildman–Crippen LogP) is 5.43. The van der Waals surface area contributed by atoms with Crippen molar-refractivity contribution < 1.29 is 9.84 Å². The molecule has 0 amide bonds. The van der Waals surface area contributed by atoms with Crippen LogP contribution in [-0.2, 0) is 4.74 Å². The minimum absolute atomic E-state index is 0.0598. The van der Waals surface area contributed by atoms with Crippen molar-refractivity contribution in [1.29, 1.82) is 0 Å². The van der Waals surface area contributed by atoms with Crippen molar-refractivity contribution in [3.8, 4) is 0 Å². The SMILES string of the molecule is CCCCCCCCCCCOC(O)=C1C=CC=C1. The third-order valence-corrected chi connectivity index (χ3v) is 3.40. The van der Waals surface area contributed by atoms with Gasteiger partial charge in [0.05, 0.1) is 12.2 Å². The minimum atomic E-state index is 0.0598. The summed E-state index contributed by atoms with van der Waals surface area (Å²) in [5, 5.41) is 9.63. The highest BCUT2D eigenvalue weighted by molar-refractivity contribution is 5.40. The molecule has 1 aliphatic rings. The lowest BCUT2D eigenvalue weighted by molar-refractivity contribution is 0.0885. The van der Waals surface area contributed by atoms with E-state index in [1.54, 1.807) is 0 Å². The van der Waals surface area contributed by atoms with Crippen LogP contribution in [-0.4, -0.2) is 11.7 Å². The molecule has 1 aliphatic carbocycles. The van der Waals surface area contributed by atoms with E-state index in [0.717, 1.165) is 12.0 Å². The van der Waals surface area contributed by atoms with Gasteiger partial charge in [-0.1, -0.05) is 70.4 Å². The van der Waals surface area contributed by atoms with E-state index in [4.69, 9.17) is 4.74 Å². The van der Waals surface area contributed by atoms with Crippen LogP contribution in [0.15, 0.2) is 35.8 Å². The molecular weight excluding hydrogens is 236 g/mol. The van der Waals surface area contributed by atoms with Gasteiger partial charge in [-0.3, -0.25) is 0 Å². The normalized spacial score (nSPS) is 13.2. The van der Waals surface area contributed by atoms with Gasteiger partial charge in [0.25, 0.3) is 5.95 Å². The summed E-state index contributed by atoms with van der Waals surface area (Å²) >= 11 is 0. The van der Waals surface area contributed by atoms with Crippen molar-refractivity contribution in [3.63, 3.8) is 0 Å². The number of unbranched alkanes of at least 4 members (excludes halogenated alkanes) is 8. The number of aliphatic hydroxyl groups excluding tert-OH is 1. The fraction of sp³-hybridized carbons (Fsp3) is 0.647. The lowest BCUT2D eigenvalue weighted by atomic mass is 10.1. The summed E-state index contributed by atoms with van der Waals surface area (Å²) in [7, 11) is 0. The molecular formula is C17H28O2. The molecule has 0 spiro atoms. The van der Waals surface area contributed by atoms with Gasteiger partial charge in [-0.25, -0.2) is 0 Å². The van der Waals surface area contributed by atoms with Gasteiger partial charge >= 0.3 is 0 Å². The Bertz CT molecular complexity index is 299. The molecule has 0 unspecified atom stereocenters. The highest BCUT2D eigenvalue weighted by Gasteiger charge is 2.02. The van der Waals surface area contributed by atoms with Crippen LogP contribution < -0.4 is 0 Å². The molecule has 0 aromatic heterocycles. The molecule has 0 saturated heterocycles. The molecule has 0 radical (unpaired) electrons. The molecule has 0 aromatic carbocycles. The number of hydrogen-bond acceptors (Lipinski definition) is 2. The van der Waals surface area contributed by atoms with Crippen molar-refractivity contribution in [1.82, 2.24) is 0 Å². The highest BCUT2D eigenvalue weighted by atomic mass is 16.6. The number of hydrogen-bond donors (Lipinski definition) is 1. The molecule has 2 nitrogen and oxygen atoms in total. The zero-order valence-corrected chi connectivity index (χ0v) is 12.2. The molecule has 0 fully saturated rings. The fourth-order valence-corrected chi connectivity index (χ4v) is 2.18. The van der Waals surface area contributed by atoms with Gasteiger partial charge in [0.15, 0.2) is 0 Å². The summed E-state index contributed by atoms with van der Waals surface area (Å²) in [6, 6.07) is 0. The van der Waals surface area contributed by atoms with Crippen molar-refractivity contribution in [2.45, 2.75) is 64.7 Å². The van der Waals surface area contributed by atoms with Crippen molar-refractivity contribution in [2.24, 2.45) is 0 Å². The summed E-state index contributed by atoms with van der Waals surface area (Å²) < 4.78 is 5.32. The quantitative estimate of drug-likeness (QED) is 0.398. The van der Waals surface area contributed by atoms with Gasteiger partial charge in [-0.15, -0.1) is 0 Å². The molecule has 0 aliphatic heterocycles. The molecule has 0 aromatic rings. The lowest BCUT2D eigenvalue weighted by Gasteiger charge is -2.06. The summed E-state index contributed by atoms with van der Waals surface area (Å²) in [5.74, 6) is 0.0598. The first-order valence-corrected chi connectivity index (χ1v) is 7.75. The number of rotatable bonds is 11. The van der Waals surface area contributed by atoms with E-state index in [-0.39, 0.29) is 5.95 Å². The van der Waals surface area contributed by atoms with E-state index < -0.39 is 0 Å². The number of allylic oxidation sites excluding steroid dienone is 5. The maximum absolute atomic E-state index is 9.63. The average molecular weight is 264 g/mol. The Kier molecular flexibility index (Phi) is 8.95. The summed E-state index contributed by atoms with van der Waals surface area (Å²) in [6.07, 6.45) is 19.2. The van der Waals surface area contributed by atoms with E-state index in [0.29, 0.717) is 6.61 Å². The van der Waals surface area contributed by atoms with Gasteiger partial charge in [0.2, 0.25) is 0 Å². The Morgan fingerprint density at radius 2 is 1.42 bits per heavy atom. The zero-order valence-electron chi connectivity index (χ0n) is 12.2. The van der Waals surface area contributed by atoms with Crippen LogP contribution >= 0.6 is 0 Å². The van der Waals surface area contributed by atoms with Crippen LogP contribution in [0.3, 0.4) is 0 Å². The topological polar surface area (TPSA) is 29.5 Å². The third kappa shape index (κ3) is 7.76. The Morgan fingerprint density at radius 3 is 2.00 bits per heavy atom. The second kappa shape index (κ2) is 10.7. The van der Waals surface area contributed by atoms with Gasteiger partial charge in [0.1, 0.15) is 0 Å². The van der Waals surface area contributed by atoms with Gasteiger partial charge in [-0.05, 0) is 18.6 Å². The minimum Gasteiger partial charge on any atom is -0.481 e. The fourth-order valence-electron chi connectivity index (χ4n) is 2.18. The van der Waals surface area contributed by atoms with E-state index >= 15 is 0 Å². The van der Waals surface area contributed by atoms with Crippen LogP contribution in [0, 0.1) is 0 Å². The van der Waals surface area contributed by atoms with Crippen LogP contribution in [0.2, 0.25) is 0 Å². The van der Waals surface area contributed by atoms with Crippen LogP contribution in [0.1, 0.15) is 64.7 Å². The van der Waals surface area contributed by atoms with Crippen LogP contribution in [0.25, 0.3) is 0 Å². The van der Waals surface area contributed by atoms with E-state index in [1.807, 2.05) is 24.3 Å². The highest BCUT2D eigenvalue weighted by Crippen LogP contribution is 2.13. The molecule has 0 heterocycles. The monoisotopic (exact) mass is 264 g/mol. The van der Waals surface area contributed by atoms with Crippen LogP contribution in [0.4, 0.5) is 0 Å². The van der Waals surface area contributed by atoms with E-state index in [2.05, 4.69) is 6.92 Å². The molecule has 1 N–H and O–H groups in total. The largest absolute Gasteiger partial charge is 0.481 e. The second-order valence-electron chi connectivity index (χ2n) is 5.16. The second-order valence-corrected chi connectivity index (χ2v) is 5.16. The van der Waals surface area contributed by atoms with Crippen molar-refractivity contribution in [2.75, 3.05) is 6.61 Å². The first kappa shape index (κ1) is 15.9. The predicted molar refractivity (Wildman–Crippen MR) is 81.1 cm³/mol. The van der Waals surface area contributed by atoms with E-state index in [9.17, 15) is 5.11 Å². The van der Waals surface area contributed by atoms with Crippen LogP contribution in [0.5, 0.6) is 0 Å². The standard InChI is InChI=1S/C17H28O2/c1-2-3-4-5-6-7-8-9-12-15-19-17(18)16-13-10-11-14-16/h10-11,13-14,18H,2-9,12,15H2,1H3. The molecule has 2 heteroatoms. The zero-order chi connectivity index (χ0) is 13.8. The molecule has 19 heavy (non-hydrogen) atoms. The molecule has 0 atom stereocenters. The summed E-state index contributed by atoms with van der Waals surface area (Å²) in [4.78, 5) is 0. The van der Waals surface area contributed by atoms with Gasteiger partial charge in [-0.2, -0.15) is 0 Å². The smallest absolute Gasteiger partial charge is 0.284 e. The summed E-state index contributed by atoms with van der Waals surface area (Å²) in [5.41, 5.74) is 0.774. The van der Waals surface area contributed by atoms with E-state index in [1.165, 1.54) is 51.4 Å². The lowest BCUT2D eigenvalue weighted by Crippen LogP contribution is -1.96. The molecule has 1 rings (SSSR count).